The second kappa shape index (κ2) is 9.55. The van der Waals surface area contributed by atoms with Crippen LogP contribution in [0.2, 0.25) is 5.02 Å². The van der Waals surface area contributed by atoms with Gasteiger partial charge in [-0.3, -0.25) is 5.10 Å². The maximum Gasteiger partial charge on any atom is 0.511 e. The van der Waals surface area contributed by atoms with E-state index in [-0.39, 0.29) is 32.1 Å². The van der Waals surface area contributed by atoms with Crippen LogP contribution in [0.5, 0.6) is 0 Å². The van der Waals surface area contributed by atoms with Crippen LogP contribution >= 0.6 is 11.6 Å². The van der Waals surface area contributed by atoms with Crippen molar-refractivity contribution in [1.82, 2.24) is 14.5 Å². The van der Waals surface area contributed by atoms with E-state index in [0.717, 1.165) is 27.6 Å². The van der Waals surface area contributed by atoms with Gasteiger partial charge in [0.2, 0.25) is 0 Å². The molecule has 37 heavy (non-hydrogen) atoms. The summed E-state index contributed by atoms with van der Waals surface area (Å²) >= 11 is 6.12. The zero-order valence-electron chi connectivity index (χ0n) is 19.4. The summed E-state index contributed by atoms with van der Waals surface area (Å²) in [5, 5.41) is 8.79. The van der Waals surface area contributed by atoms with E-state index in [2.05, 4.69) is 10.2 Å². The van der Waals surface area contributed by atoms with Gasteiger partial charge in [0, 0.05) is 48.2 Å². The van der Waals surface area contributed by atoms with E-state index >= 15 is 0 Å². The lowest BCUT2D eigenvalue weighted by Crippen LogP contribution is -2.52. The number of fused-ring (bicyclic) bond motifs is 1. The third-order valence-electron chi connectivity index (χ3n) is 6.54. The number of piperazine rings is 1. The molecule has 0 saturated carbocycles. The number of H-pyrrole nitrogens is 1. The van der Waals surface area contributed by atoms with Crippen molar-refractivity contribution in [3.05, 3.63) is 88.4 Å². The third kappa shape index (κ3) is 4.86. The average molecular weight is 550 g/mol. The highest BCUT2D eigenvalue weighted by Crippen LogP contribution is 2.36. The molecule has 2 heterocycles. The van der Waals surface area contributed by atoms with Crippen LogP contribution in [-0.4, -0.2) is 54.6 Å². The minimum absolute atomic E-state index is 0.0814. The van der Waals surface area contributed by atoms with Crippen molar-refractivity contribution < 1.29 is 21.6 Å². The maximum atomic E-state index is 13.0. The highest BCUT2D eigenvalue weighted by Gasteiger charge is 2.50. The lowest BCUT2D eigenvalue weighted by atomic mass is 9.84. The number of anilines is 2. The lowest BCUT2D eigenvalue weighted by Gasteiger charge is -2.34. The van der Waals surface area contributed by atoms with Crippen molar-refractivity contribution in [2.24, 2.45) is 0 Å². The highest BCUT2D eigenvalue weighted by atomic mass is 35.5. The van der Waals surface area contributed by atoms with Crippen molar-refractivity contribution in [3.8, 4) is 0 Å². The van der Waals surface area contributed by atoms with Crippen molar-refractivity contribution in [2.75, 3.05) is 36.8 Å². The van der Waals surface area contributed by atoms with Crippen LogP contribution in [0, 0.1) is 0 Å². The molecule has 1 aliphatic heterocycles. The number of sulfonamides is 1. The van der Waals surface area contributed by atoms with E-state index in [9.17, 15) is 21.6 Å². The van der Waals surface area contributed by atoms with Crippen molar-refractivity contribution in [3.63, 3.8) is 0 Å². The molecule has 5 rings (SSSR count). The summed E-state index contributed by atoms with van der Waals surface area (Å²) in [4.78, 5) is 1.80. The van der Waals surface area contributed by atoms with Crippen molar-refractivity contribution >= 4 is 44.0 Å². The van der Waals surface area contributed by atoms with E-state index < -0.39 is 15.5 Å². The molecule has 1 aromatic heterocycles. The smallest absolute Gasteiger partial charge is 0.399 e. The van der Waals surface area contributed by atoms with E-state index in [1.54, 1.807) is 4.90 Å². The SMILES string of the molecule is Nc1ccc(C(c2ccc(Cl)cc2)c2ccc3[nH]nc(N4CCN(S(=O)(=O)C(F)(F)F)CC4)c3c2)cc1. The first-order valence-electron chi connectivity index (χ1n) is 11.4. The van der Waals surface area contributed by atoms with Gasteiger partial charge < -0.3 is 10.6 Å². The van der Waals surface area contributed by atoms with Gasteiger partial charge in [-0.25, -0.2) is 8.42 Å². The Hall–Kier alpha value is -3.28. The van der Waals surface area contributed by atoms with Crippen LogP contribution in [0.15, 0.2) is 66.7 Å². The number of aromatic nitrogens is 2. The monoisotopic (exact) mass is 549 g/mol. The molecular weight excluding hydrogens is 527 g/mol. The molecule has 0 spiro atoms. The Kier molecular flexibility index (Phi) is 6.55. The van der Waals surface area contributed by atoms with Crippen LogP contribution < -0.4 is 10.6 Å². The average Bonchev–Trinajstić information content (AvgIpc) is 3.29. The Bertz CT molecular complexity index is 1470. The maximum absolute atomic E-state index is 13.0. The largest absolute Gasteiger partial charge is 0.511 e. The fourth-order valence-electron chi connectivity index (χ4n) is 4.65. The Morgan fingerprint density at radius 1 is 0.892 bits per heavy atom. The van der Waals surface area contributed by atoms with Crippen molar-refractivity contribution in [2.45, 2.75) is 11.4 Å². The molecule has 3 aromatic carbocycles. The number of halogens is 4. The van der Waals surface area contributed by atoms with Gasteiger partial charge in [0.05, 0.1) is 5.52 Å². The van der Waals surface area contributed by atoms with Crippen LogP contribution in [0.1, 0.15) is 22.6 Å². The number of nitrogens with one attached hydrogen (secondary N) is 1. The molecule has 3 N–H and O–H groups in total. The molecular formula is C25H23ClF3N5O2S. The zero-order chi connectivity index (χ0) is 26.4. The zero-order valence-corrected chi connectivity index (χ0v) is 21.0. The summed E-state index contributed by atoms with van der Waals surface area (Å²) in [5.41, 5.74) is 5.01. The quantitative estimate of drug-likeness (QED) is 0.271. The topological polar surface area (TPSA) is 95.3 Å². The van der Waals surface area contributed by atoms with Gasteiger partial charge in [0.25, 0.3) is 0 Å². The summed E-state index contributed by atoms with van der Waals surface area (Å²) < 4.78 is 62.9. The van der Waals surface area contributed by atoms with Gasteiger partial charge in [-0.15, -0.1) is 0 Å². The third-order valence-corrected chi connectivity index (χ3v) is 8.43. The molecule has 1 saturated heterocycles. The first-order chi connectivity index (χ1) is 17.5. The predicted octanol–water partition coefficient (Wildman–Crippen LogP) is 4.95. The van der Waals surface area contributed by atoms with Gasteiger partial charge in [0.15, 0.2) is 5.82 Å². The second-order valence-corrected chi connectivity index (χ2v) is 11.2. The lowest BCUT2D eigenvalue weighted by molar-refractivity contribution is -0.0490. The molecule has 1 aliphatic rings. The molecule has 194 valence electrons. The number of nitrogen functional groups attached to an aromatic ring is 1. The van der Waals surface area contributed by atoms with Gasteiger partial charge in [-0.2, -0.15) is 22.6 Å². The van der Waals surface area contributed by atoms with Gasteiger partial charge in [-0.1, -0.05) is 41.9 Å². The fraction of sp³-hybridized carbons (Fsp3) is 0.240. The molecule has 1 fully saturated rings. The minimum Gasteiger partial charge on any atom is -0.399 e. The Morgan fingerprint density at radius 3 is 2.05 bits per heavy atom. The molecule has 0 radical (unpaired) electrons. The second-order valence-electron chi connectivity index (χ2n) is 8.84. The molecule has 4 aromatic rings. The Labute approximate surface area is 216 Å². The molecule has 0 bridgehead atoms. The fourth-order valence-corrected chi connectivity index (χ4v) is 5.71. The number of hydrogen-bond donors (Lipinski definition) is 2. The minimum atomic E-state index is -5.36. The summed E-state index contributed by atoms with van der Waals surface area (Å²) in [6.45, 7) is -0.403. The standard InChI is InChI=1S/C25H23ClF3N5O2S/c26-19-6-1-16(2-7-19)23(17-3-8-20(30)9-4-17)18-5-10-22-21(15-18)24(32-31-22)33-11-13-34(14-12-33)37(35,36)25(27,28)29/h1-10,15,23H,11-14,30H2,(H,31,32). The molecule has 1 unspecified atom stereocenters. The van der Waals surface area contributed by atoms with Gasteiger partial charge >= 0.3 is 15.5 Å². The van der Waals surface area contributed by atoms with Crippen LogP contribution in [0.25, 0.3) is 10.9 Å². The number of alkyl halides is 3. The number of nitrogens with zero attached hydrogens (tertiary/aromatic N) is 3. The van der Waals surface area contributed by atoms with Gasteiger partial charge in [0.1, 0.15) is 0 Å². The molecule has 12 heteroatoms. The predicted molar refractivity (Wildman–Crippen MR) is 138 cm³/mol. The van der Waals surface area contributed by atoms with Crippen LogP contribution in [-0.2, 0) is 10.0 Å². The number of aromatic amines is 1. The molecule has 7 nitrogen and oxygen atoms in total. The normalized spacial score (nSPS) is 16.3. The summed E-state index contributed by atoms with van der Waals surface area (Å²) in [6, 6.07) is 21.1. The summed E-state index contributed by atoms with van der Waals surface area (Å²) in [6.07, 6.45) is 0. The van der Waals surface area contributed by atoms with Gasteiger partial charge in [-0.05, 0) is 53.1 Å². The van der Waals surface area contributed by atoms with Crippen LogP contribution in [0.3, 0.4) is 0 Å². The molecule has 1 atom stereocenters. The van der Waals surface area contributed by atoms with Crippen LogP contribution in [0.4, 0.5) is 24.7 Å². The van der Waals surface area contributed by atoms with E-state index in [4.69, 9.17) is 17.3 Å². The number of benzene rings is 3. The molecule has 0 aliphatic carbocycles. The Balaban J connectivity index is 1.49. The van der Waals surface area contributed by atoms with Crippen molar-refractivity contribution in [1.29, 1.82) is 0 Å². The number of rotatable bonds is 5. The number of nitrogens with two attached hydrogens (primary N) is 1. The molecule has 0 amide bonds. The van der Waals surface area contributed by atoms with E-state index in [1.165, 1.54) is 0 Å². The number of hydrogen-bond acceptors (Lipinski definition) is 5. The highest BCUT2D eigenvalue weighted by molar-refractivity contribution is 7.90. The first-order valence-corrected chi connectivity index (χ1v) is 13.3. The van der Waals surface area contributed by atoms with E-state index in [0.29, 0.717) is 20.8 Å². The van der Waals surface area contributed by atoms with E-state index in [1.807, 2.05) is 66.7 Å². The summed E-state index contributed by atoms with van der Waals surface area (Å²) in [5.74, 6) is 0.423. The Morgan fingerprint density at radius 2 is 1.46 bits per heavy atom. The summed E-state index contributed by atoms with van der Waals surface area (Å²) in [7, 11) is -5.36. The first kappa shape index (κ1) is 25.4.